The van der Waals surface area contributed by atoms with Crippen LogP contribution in [-0.4, -0.2) is 140 Å². The van der Waals surface area contributed by atoms with Crippen molar-refractivity contribution >= 4 is 96.8 Å². The number of amides is 3. The predicted molar refractivity (Wildman–Crippen MR) is 378 cm³/mol. The molecular weight excluding hydrogens is 1390 g/mol. The first-order valence-corrected chi connectivity index (χ1v) is 33.9. The van der Waals surface area contributed by atoms with E-state index in [4.69, 9.17) is 49.8 Å². The minimum atomic E-state index is -0.300. The Morgan fingerprint density at radius 3 is 1.13 bits per heavy atom. The van der Waals surface area contributed by atoms with Crippen LogP contribution in [0.15, 0.2) is 199 Å². The fourth-order valence-electron chi connectivity index (χ4n) is 10.5. The Morgan fingerprint density at radius 2 is 0.828 bits per heavy atom. The second-order valence-electron chi connectivity index (χ2n) is 21.8. The number of hydrogen-bond acceptors (Lipinski definition) is 14. The summed E-state index contributed by atoms with van der Waals surface area (Å²) in [5.74, 6) is 0.903. The molecule has 0 bridgehead atoms. The van der Waals surface area contributed by atoms with Crippen LogP contribution < -0.4 is 26.0 Å². The van der Waals surface area contributed by atoms with Crippen molar-refractivity contribution in [3.8, 4) is 5.88 Å². The van der Waals surface area contributed by atoms with Crippen LogP contribution in [0.25, 0.3) is 0 Å². The first-order chi connectivity index (χ1) is 44.9. The van der Waals surface area contributed by atoms with Gasteiger partial charge in [0.05, 0.1) is 48.4 Å². The fourth-order valence-corrected chi connectivity index (χ4v) is 11.1. The Morgan fingerprint density at radius 1 is 0.484 bits per heavy atom. The number of rotatable bonds is 19. The molecule has 93 heavy (non-hydrogen) atoms. The molecule has 3 atom stereocenters. The number of halogens is 6. The van der Waals surface area contributed by atoms with E-state index in [-0.39, 0.29) is 79.2 Å². The zero-order chi connectivity index (χ0) is 65.1. The molecule has 3 aromatic carbocycles. The number of aliphatic hydroxyl groups excluding tert-OH is 2. The maximum atomic E-state index is 13.1. The van der Waals surface area contributed by atoms with Gasteiger partial charge in [-0.05, 0) is 201 Å². The lowest BCUT2D eigenvalue weighted by Gasteiger charge is -2.32. The largest absolute Gasteiger partial charge is 0.476 e. The van der Waals surface area contributed by atoms with Crippen molar-refractivity contribution in [3.63, 3.8) is 0 Å². The molecule has 3 fully saturated rings. The molecule has 0 aliphatic carbocycles. The van der Waals surface area contributed by atoms with E-state index in [1.54, 1.807) is 31.0 Å². The molecule has 5 aromatic heterocycles. The van der Waals surface area contributed by atoms with Gasteiger partial charge in [0.2, 0.25) is 23.6 Å². The molecule has 6 N–H and O–H groups in total. The lowest BCUT2D eigenvalue weighted by molar-refractivity contribution is -0.127. The van der Waals surface area contributed by atoms with Crippen LogP contribution in [0.4, 0.5) is 0 Å². The smallest absolute Gasteiger partial charge is 0.224 e. The number of alkyl halides is 1. The van der Waals surface area contributed by atoms with Gasteiger partial charge in [-0.2, -0.15) is 0 Å². The van der Waals surface area contributed by atoms with Crippen LogP contribution in [-0.2, 0) is 14.4 Å². The summed E-state index contributed by atoms with van der Waals surface area (Å²) in [7, 11) is 0. The number of pyridine rings is 5. The highest BCUT2D eigenvalue weighted by molar-refractivity contribution is 9.10. The lowest BCUT2D eigenvalue weighted by Crippen LogP contribution is -2.43. The summed E-state index contributed by atoms with van der Waals surface area (Å²) in [6.45, 7) is 7.71. The summed E-state index contributed by atoms with van der Waals surface area (Å²) in [6.07, 6.45) is 13.7. The van der Waals surface area contributed by atoms with E-state index in [1.165, 1.54) is 0 Å². The third-order valence-electron chi connectivity index (χ3n) is 15.5. The second kappa shape index (κ2) is 42.8. The van der Waals surface area contributed by atoms with E-state index in [0.29, 0.717) is 39.4 Å². The van der Waals surface area contributed by atoms with Gasteiger partial charge < -0.3 is 41.1 Å². The number of nitrogens with zero attached hydrogens (tertiary/aromatic N) is 7. The Balaban J connectivity index is 0.000000205. The van der Waals surface area contributed by atoms with Gasteiger partial charge in [-0.3, -0.25) is 34.2 Å². The zero-order valence-electron chi connectivity index (χ0n) is 51.6. The van der Waals surface area contributed by atoms with Gasteiger partial charge in [-0.1, -0.05) is 117 Å². The van der Waals surface area contributed by atoms with Crippen LogP contribution in [0.2, 0.25) is 15.1 Å². The quantitative estimate of drug-likeness (QED) is 0.0328. The summed E-state index contributed by atoms with van der Waals surface area (Å²) < 4.78 is 6.58. The summed E-state index contributed by atoms with van der Waals surface area (Å²) in [5.41, 5.74) is 5.35. The average molecular weight is 1470 g/mol. The van der Waals surface area contributed by atoms with Gasteiger partial charge in [-0.15, -0.1) is 12.4 Å². The third-order valence-corrected chi connectivity index (χ3v) is 17.1. The molecule has 3 aliphatic rings. The molecule has 11 rings (SSSR count). The van der Waals surface area contributed by atoms with Gasteiger partial charge in [0.15, 0.2) is 0 Å². The van der Waals surface area contributed by atoms with Crippen molar-refractivity contribution < 1.29 is 29.3 Å². The molecule has 8 aromatic rings. The van der Waals surface area contributed by atoms with E-state index in [9.17, 15) is 14.4 Å². The summed E-state index contributed by atoms with van der Waals surface area (Å²) in [5, 5.41) is 32.4. The van der Waals surface area contributed by atoms with Crippen LogP contribution in [0.5, 0.6) is 5.88 Å². The number of carbonyl (C=O) groups is 3. The maximum Gasteiger partial charge on any atom is 0.224 e. The minimum absolute atomic E-state index is 0. The van der Waals surface area contributed by atoms with E-state index < -0.39 is 0 Å². The third kappa shape index (κ3) is 26.7. The molecule has 3 unspecified atom stereocenters. The highest BCUT2D eigenvalue weighted by Crippen LogP contribution is 2.28. The molecule has 0 spiro atoms. The summed E-state index contributed by atoms with van der Waals surface area (Å²) in [4.78, 5) is 64.5. The summed E-state index contributed by atoms with van der Waals surface area (Å²) >= 11 is 24.2. The predicted octanol–water partition coefficient (Wildman–Crippen LogP) is 12.4. The second-order valence-corrected chi connectivity index (χ2v) is 24.7. The Kier molecular flexibility index (Phi) is 34.8. The van der Waals surface area contributed by atoms with E-state index in [0.717, 1.165) is 123 Å². The molecule has 0 saturated carbocycles. The normalized spacial score (nSPS) is 15.3. The first-order valence-electron chi connectivity index (χ1n) is 30.8. The van der Waals surface area contributed by atoms with E-state index in [2.05, 4.69) is 87.8 Å². The van der Waals surface area contributed by atoms with Crippen molar-refractivity contribution in [2.24, 2.45) is 17.8 Å². The highest BCUT2D eigenvalue weighted by atomic mass is 79.9. The molecule has 23 heteroatoms. The molecule has 3 amide bonds. The standard InChI is InChI=1S/C25H27ClN4O2.C20H24ClN3O2.C18H20ClN3O.C5H4BrN.C2H5BrO.ClH/c26-21-9-7-19(8-10-21)24(22-5-1-3-13-27-22)29-25(31)20-11-15-30(16-12-20)17-18-32-23-6-2-4-14-28-23;21-17-6-4-15(5-7-17)19(18-3-1-2-10-22-18)23-20(26)16-8-11-24(12-9-16)13-14-25;19-15-6-4-13(5-7-15)17(16-3-1-2-10-21-16)22-18(23)14-8-11-20-12-9-14;6-5-3-1-2-4-7-5;3-1-2-4;/h1-10,13-14,20,24H,11-12,15-18H2,(H,29,31);1-7,10,16,19,25H,8-9,11-14H2,(H,23,26);1-7,10,14,17,20H,8-9,11-12H2,(H,22,23);1-4H;4H,1-2H2;1H. The van der Waals surface area contributed by atoms with Crippen LogP contribution in [0.3, 0.4) is 0 Å². The number of β-amino-alcohol motifs (C(OH)–C–C–N with tert-alkyl or cyclic N) is 1. The number of aromatic nitrogens is 5. The molecule has 0 radical (unpaired) electrons. The summed E-state index contributed by atoms with van der Waals surface area (Å²) in [6, 6.07) is 50.3. The van der Waals surface area contributed by atoms with Crippen molar-refractivity contribution in [1.29, 1.82) is 0 Å². The number of carbonyl (C=O) groups excluding carboxylic acids is 3. The average Bonchev–Trinajstić information content (AvgIpc) is 1.11. The van der Waals surface area contributed by atoms with Gasteiger partial charge in [0.25, 0.3) is 0 Å². The number of nitrogens with one attached hydrogen (secondary N) is 4. The van der Waals surface area contributed by atoms with Gasteiger partial charge in [-0.25, -0.2) is 9.97 Å². The molecule has 17 nitrogen and oxygen atoms in total. The number of benzene rings is 3. The van der Waals surface area contributed by atoms with Crippen LogP contribution >= 0.6 is 79.1 Å². The minimum Gasteiger partial charge on any atom is -0.476 e. The van der Waals surface area contributed by atoms with Crippen LogP contribution in [0, 0.1) is 17.8 Å². The monoisotopic (exact) mass is 1470 g/mol. The Labute approximate surface area is 583 Å². The topological polar surface area (TPSA) is 220 Å². The van der Waals surface area contributed by atoms with Gasteiger partial charge in [0, 0.05) is 88.3 Å². The van der Waals surface area contributed by atoms with Crippen LogP contribution in [0.1, 0.15) is 90.4 Å². The van der Waals surface area contributed by atoms with E-state index in [1.807, 2.05) is 164 Å². The first kappa shape index (κ1) is 75.6. The Bertz CT molecular complexity index is 3330. The van der Waals surface area contributed by atoms with E-state index >= 15 is 0 Å². The molecule has 494 valence electrons. The molecule has 8 heterocycles. The lowest BCUT2D eigenvalue weighted by atomic mass is 9.94. The molecule has 3 aliphatic heterocycles. The van der Waals surface area contributed by atoms with Gasteiger partial charge >= 0.3 is 0 Å². The van der Waals surface area contributed by atoms with Crippen molar-refractivity contribution in [2.45, 2.75) is 56.7 Å². The van der Waals surface area contributed by atoms with Crippen molar-refractivity contribution in [3.05, 3.63) is 248 Å². The Hall–Kier alpha value is -6.46. The fraction of sp³-hybridized carbons (Fsp3) is 0.343. The maximum absolute atomic E-state index is 13.1. The number of aliphatic hydroxyl groups is 2. The zero-order valence-corrected chi connectivity index (χ0v) is 57.9. The number of ether oxygens (including phenoxy) is 1. The molecule has 3 saturated heterocycles. The van der Waals surface area contributed by atoms with Gasteiger partial charge in [0.1, 0.15) is 11.2 Å². The molecular formula is C70H81Br2Cl4N11O6. The van der Waals surface area contributed by atoms with Crippen molar-refractivity contribution in [1.82, 2.24) is 56.0 Å². The SMILES string of the molecule is Brc1ccccn1.Cl.O=C(NC(c1ccc(Cl)cc1)c1ccccn1)C1CCN(CCO)CC1.O=C(NC(c1ccc(Cl)cc1)c1ccccn1)C1CCN(CCOc2ccccn2)CC1.O=C(NC(c1ccc(Cl)cc1)c1ccccn1)C1CCNCC1.OCCBr. The number of piperidine rings is 3. The van der Waals surface area contributed by atoms with Crippen molar-refractivity contribution in [2.75, 3.05) is 77.5 Å². The number of likely N-dealkylation sites (tertiary alicyclic amines) is 2. The highest BCUT2D eigenvalue weighted by Gasteiger charge is 2.30. The number of hydrogen-bond donors (Lipinski definition) is 6.